The Labute approximate surface area is 111 Å². The fourth-order valence-electron chi connectivity index (χ4n) is 1.94. The van der Waals surface area contributed by atoms with Crippen molar-refractivity contribution in [2.45, 2.75) is 52.0 Å². The van der Waals surface area contributed by atoms with Gasteiger partial charge in [-0.2, -0.15) is 17.0 Å². The van der Waals surface area contributed by atoms with Crippen LogP contribution in [0.2, 0.25) is 0 Å². The van der Waals surface area contributed by atoms with Crippen molar-refractivity contribution in [1.82, 2.24) is 5.32 Å². The average Bonchev–Trinajstić information content (AvgIpc) is 3.18. The lowest BCUT2D eigenvalue weighted by Crippen LogP contribution is -2.49. The summed E-state index contributed by atoms with van der Waals surface area (Å²) in [6.45, 7) is 7.65. The average molecular weight is 254 g/mol. The maximum Gasteiger partial charge on any atom is 0.118 e. The maximum atomic E-state index is 9.51. The molecule has 0 saturated heterocycles. The van der Waals surface area contributed by atoms with E-state index in [-0.39, 0.29) is 5.54 Å². The Morgan fingerprint density at radius 3 is 2.65 bits per heavy atom. The summed E-state index contributed by atoms with van der Waals surface area (Å²) in [6.07, 6.45) is 4.80. The molecule has 3 heteroatoms. The third-order valence-corrected chi connectivity index (χ3v) is 5.06. The Bertz CT molecular complexity index is 257. The van der Waals surface area contributed by atoms with Gasteiger partial charge in [0.15, 0.2) is 0 Å². The van der Waals surface area contributed by atoms with Gasteiger partial charge >= 0.3 is 0 Å². The first-order valence-electron chi connectivity index (χ1n) is 6.92. The molecule has 0 aliphatic heterocycles. The van der Waals surface area contributed by atoms with E-state index in [2.05, 4.69) is 32.2 Å². The number of rotatable bonds is 9. The zero-order valence-corrected chi connectivity index (χ0v) is 12.3. The van der Waals surface area contributed by atoms with Crippen LogP contribution in [0.1, 0.15) is 46.5 Å². The Hall–Kier alpha value is -0.200. The maximum absolute atomic E-state index is 9.51. The summed E-state index contributed by atoms with van der Waals surface area (Å²) >= 11 is 1.95. The lowest BCUT2D eigenvalue weighted by atomic mass is 9.97. The van der Waals surface area contributed by atoms with Gasteiger partial charge in [0.2, 0.25) is 0 Å². The van der Waals surface area contributed by atoms with Crippen molar-refractivity contribution in [3.05, 3.63) is 0 Å². The number of hydrogen-bond acceptors (Lipinski definition) is 3. The van der Waals surface area contributed by atoms with Crippen LogP contribution in [0.15, 0.2) is 0 Å². The summed E-state index contributed by atoms with van der Waals surface area (Å²) in [4.78, 5) is 0. The lowest BCUT2D eigenvalue weighted by Gasteiger charge is -2.28. The van der Waals surface area contributed by atoms with Crippen LogP contribution >= 0.6 is 11.8 Å². The standard InChI is InChI=1S/C14H26N2S/c1-4-8-16-14(10-15,13-6-7-13)11-17-9-12(3)5-2/h12-13,16H,4-9,11H2,1-3H3. The van der Waals surface area contributed by atoms with Gasteiger partial charge in [-0.05, 0) is 43.4 Å². The minimum Gasteiger partial charge on any atom is -0.298 e. The molecule has 98 valence electrons. The number of hydrogen-bond donors (Lipinski definition) is 1. The summed E-state index contributed by atoms with van der Waals surface area (Å²) < 4.78 is 0. The van der Waals surface area contributed by atoms with E-state index in [1.54, 1.807) is 0 Å². The second-order valence-electron chi connectivity index (χ2n) is 5.31. The zero-order chi connectivity index (χ0) is 12.7. The van der Waals surface area contributed by atoms with E-state index in [1.807, 2.05) is 11.8 Å². The van der Waals surface area contributed by atoms with Crippen molar-refractivity contribution >= 4 is 11.8 Å². The van der Waals surface area contributed by atoms with Gasteiger partial charge in [0.1, 0.15) is 5.54 Å². The highest BCUT2D eigenvalue weighted by atomic mass is 32.2. The first-order valence-corrected chi connectivity index (χ1v) is 8.08. The largest absolute Gasteiger partial charge is 0.298 e. The monoisotopic (exact) mass is 254 g/mol. The zero-order valence-electron chi connectivity index (χ0n) is 11.5. The van der Waals surface area contributed by atoms with Crippen molar-refractivity contribution in [1.29, 1.82) is 5.26 Å². The molecular weight excluding hydrogens is 228 g/mol. The van der Waals surface area contributed by atoms with Crippen LogP contribution in [0, 0.1) is 23.2 Å². The van der Waals surface area contributed by atoms with Crippen LogP contribution in [-0.4, -0.2) is 23.6 Å². The Morgan fingerprint density at radius 2 is 2.18 bits per heavy atom. The Balaban J connectivity index is 2.43. The van der Waals surface area contributed by atoms with E-state index in [0.717, 1.165) is 24.6 Å². The molecule has 0 radical (unpaired) electrons. The highest BCUT2D eigenvalue weighted by Gasteiger charge is 2.45. The first kappa shape index (κ1) is 14.9. The molecule has 0 bridgehead atoms. The van der Waals surface area contributed by atoms with Crippen molar-refractivity contribution in [3.8, 4) is 6.07 Å². The van der Waals surface area contributed by atoms with E-state index in [0.29, 0.717) is 5.92 Å². The Kier molecular flexibility index (Phi) is 6.37. The summed E-state index contributed by atoms with van der Waals surface area (Å²) in [7, 11) is 0. The lowest BCUT2D eigenvalue weighted by molar-refractivity contribution is 0.405. The van der Waals surface area contributed by atoms with Gasteiger partial charge in [-0.25, -0.2) is 0 Å². The highest BCUT2D eigenvalue weighted by molar-refractivity contribution is 7.99. The quantitative estimate of drug-likeness (QED) is 0.684. The van der Waals surface area contributed by atoms with Gasteiger partial charge in [0.05, 0.1) is 6.07 Å². The summed E-state index contributed by atoms with van der Waals surface area (Å²) in [5.41, 5.74) is -0.242. The molecule has 17 heavy (non-hydrogen) atoms. The molecule has 1 saturated carbocycles. The van der Waals surface area contributed by atoms with Gasteiger partial charge in [-0.15, -0.1) is 0 Å². The van der Waals surface area contributed by atoms with E-state index in [9.17, 15) is 5.26 Å². The topological polar surface area (TPSA) is 35.8 Å². The Morgan fingerprint density at radius 1 is 1.47 bits per heavy atom. The van der Waals surface area contributed by atoms with Crippen LogP contribution in [0.3, 0.4) is 0 Å². The van der Waals surface area contributed by atoms with Gasteiger partial charge in [-0.3, -0.25) is 5.32 Å². The molecule has 2 atom stereocenters. The highest BCUT2D eigenvalue weighted by Crippen LogP contribution is 2.41. The van der Waals surface area contributed by atoms with Gasteiger partial charge in [-0.1, -0.05) is 27.2 Å². The first-order chi connectivity index (χ1) is 8.18. The molecule has 0 amide bonds. The molecule has 1 N–H and O–H groups in total. The molecular formula is C14H26N2S. The van der Waals surface area contributed by atoms with Crippen molar-refractivity contribution < 1.29 is 0 Å². The summed E-state index contributed by atoms with van der Waals surface area (Å²) in [5.74, 6) is 3.50. The van der Waals surface area contributed by atoms with Gasteiger partial charge < -0.3 is 0 Å². The third-order valence-electron chi connectivity index (χ3n) is 3.59. The number of nitriles is 1. The van der Waals surface area contributed by atoms with Crippen molar-refractivity contribution in [3.63, 3.8) is 0 Å². The van der Waals surface area contributed by atoms with Crippen molar-refractivity contribution in [2.24, 2.45) is 11.8 Å². The molecule has 1 rings (SSSR count). The van der Waals surface area contributed by atoms with E-state index >= 15 is 0 Å². The predicted octanol–water partition coefficient (Wildman–Crippen LogP) is 3.44. The molecule has 0 heterocycles. The molecule has 1 aliphatic carbocycles. The third kappa shape index (κ3) is 4.52. The molecule has 0 aromatic carbocycles. The molecule has 2 nitrogen and oxygen atoms in total. The fraction of sp³-hybridized carbons (Fsp3) is 0.929. The summed E-state index contributed by atoms with van der Waals surface area (Å²) in [6, 6.07) is 2.57. The molecule has 2 unspecified atom stereocenters. The van der Waals surface area contributed by atoms with Crippen LogP contribution in [0.25, 0.3) is 0 Å². The van der Waals surface area contributed by atoms with Gasteiger partial charge in [0.25, 0.3) is 0 Å². The van der Waals surface area contributed by atoms with E-state index in [4.69, 9.17) is 0 Å². The number of nitrogens with one attached hydrogen (secondary N) is 1. The minimum absolute atomic E-state index is 0.242. The van der Waals surface area contributed by atoms with Crippen LogP contribution in [0.5, 0.6) is 0 Å². The van der Waals surface area contributed by atoms with Gasteiger partial charge in [0, 0.05) is 5.75 Å². The normalized spacial score (nSPS) is 20.6. The molecule has 0 aromatic rings. The molecule has 1 aliphatic rings. The van der Waals surface area contributed by atoms with Crippen molar-refractivity contribution in [2.75, 3.05) is 18.1 Å². The van der Waals surface area contributed by atoms with Crippen LogP contribution < -0.4 is 5.32 Å². The smallest absolute Gasteiger partial charge is 0.118 e. The van der Waals surface area contributed by atoms with Crippen LogP contribution in [0.4, 0.5) is 0 Å². The molecule has 1 fully saturated rings. The SMILES string of the molecule is CCCNC(C#N)(CSCC(C)CC)C1CC1. The minimum atomic E-state index is -0.242. The predicted molar refractivity (Wildman–Crippen MR) is 76.1 cm³/mol. The molecule has 0 aromatic heterocycles. The second-order valence-corrected chi connectivity index (χ2v) is 6.34. The summed E-state index contributed by atoms with van der Waals surface area (Å²) in [5, 5.41) is 13.0. The second kappa shape index (κ2) is 7.28. The fourth-order valence-corrected chi connectivity index (χ4v) is 3.42. The van der Waals surface area contributed by atoms with Crippen LogP contribution in [-0.2, 0) is 0 Å². The number of nitrogens with zero attached hydrogens (tertiary/aromatic N) is 1. The molecule has 0 spiro atoms. The van der Waals surface area contributed by atoms with E-state index in [1.165, 1.54) is 25.0 Å². The van der Waals surface area contributed by atoms with E-state index < -0.39 is 0 Å². The number of thioether (sulfide) groups is 1.